The van der Waals surface area contributed by atoms with Crippen LogP contribution in [0.1, 0.15) is 32.6 Å². The van der Waals surface area contributed by atoms with Crippen molar-refractivity contribution >= 4 is 5.91 Å². The molecule has 1 rings (SSSR count). The molecule has 0 aliphatic carbocycles. The lowest BCUT2D eigenvalue weighted by Gasteiger charge is -2.11. The van der Waals surface area contributed by atoms with E-state index in [1.165, 1.54) is 0 Å². The van der Waals surface area contributed by atoms with Gasteiger partial charge in [0.05, 0.1) is 6.10 Å². The van der Waals surface area contributed by atoms with Gasteiger partial charge in [0.1, 0.15) is 0 Å². The third kappa shape index (κ3) is 4.58. The van der Waals surface area contributed by atoms with E-state index < -0.39 is 0 Å². The highest BCUT2D eigenvalue weighted by Gasteiger charge is 2.19. The van der Waals surface area contributed by atoms with Crippen molar-refractivity contribution in [2.45, 2.75) is 44.8 Å². The fourth-order valence-corrected chi connectivity index (χ4v) is 1.63. The Labute approximate surface area is 85.1 Å². The average Bonchev–Trinajstić information content (AvgIpc) is 2.50. The molecule has 1 fully saturated rings. The van der Waals surface area contributed by atoms with Crippen molar-refractivity contribution in [2.24, 2.45) is 0 Å². The van der Waals surface area contributed by atoms with Gasteiger partial charge in [0.2, 0.25) is 5.91 Å². The zero-order chi connectivity index (χ0) is 10.4. The maximum Gasteiger partial charge on any atom is 0.220 e. The molecule has 0 aromatic rings. The average molecular weight is 200 g/mol. The van der Waals surface area contributed by atoms with Gasteiger partial charge in [-0.25, -0.2) is 0 Å². The number of carbonyl (C=O) groups excluding carboxylic acids is 1. The summed E-state index contributed by atoms with van der Waals surface area (Å²) in [6.45, 7) is 3.57. The summed E-state index contributed by atoms with van der Waals surface area (Å²) in [6.07, 6.45) is 3.23. The topological polar surface area (TPSA) is 61.4 Å². The van der Waals surface area contributed by atoms with Crippen LogP contribution in [-0.4, -0.2) is 36.2 Å². The molecule has 4 heteroatoms. The molecule has 0 bridgehead atoms. The van der Waals surface area contributed by atoms with Crippen LogP contribution in [0, 0.1) is 0 Å². The quantitative estimate of drug-likeness (QED) is 0.530. The Balaban J connectivity index is 1.91. The summed E-state index contributed by atoms with van der Waals surface area (Å²) in [5.74, 6) is 0.167. The predicted octanol–water partition coefficient (Wildman–Crippen LogP) is 0.0156. The molecule has 2 atom stereocenters. The van der Waals surface area contributed by atoms with Crippen molar-refractivity contribution in [1.82, 2.24) is 10.6 Å². The highest BCUT2D eigenvalue weighted by molar-refractivity contribution is 5.78. The summed E-state index contributed by atoms with van der Waals surface area (Å²) in [7, 11) is 0. The van der Waals surface area contributed by atoms with Gasteiger partial charge in [-0.05, 0) is 32.7 Å². The van der Waals surface area contributed by atoms with Crippen molar-refractivity contribution in [3.8, 4) is 0 Å². The molecule has 0 saturated carbocycles. The molecule has 2 unspecified atom stereocenters. The number of rotatable bonds is 6. The fraction of sp³-hybridized carbons (Fsp3) is 0.900. The summed E-state index contributed by atoms with van der Waals surface area (Å²) in [4.78, 5) is 10.9. The predicted molar refractivity (Wildman–Crippen MR) is 54.9 cm³/mol. The van der Waals surface area contributed by atoms with E-state index in [0.29, 0.717) is 12.5 Å². The second kappa shape index (κ2) is 5.98. The van der Waals surface area contributed by atoms with Gasteiger partial charge in [-0.3, -0.25) is 4.79 Å². The maximum absolute atomic E-state index is 10.9. The maximum atomic E-state index is 10.9. The number of hydrogen-bond donors (Lipinski definition) is 3. The first kappa shape index (κ1) is 11.5. The second-order valence-electron chi connectivity index (χ2n) is 4.00. The first-order chi connectivity index (χ1) is 6.68. The van der Waals surface area contributed by atoms with Gasteiger partial charge in [0.15, 0.2) is 0 Å². The van der Waals surface area contributed by atoms with Crippen LogP contribution >= 0.6 is 0 Å². The van der Waals surface area contributed by atoms with E-state index in [4.69, 9.17) is 5.11 Å². The lowest BCUT2D eigenvalue weighted by Crippen LogP contribution is -2.36. The molecule has 1 amide bonds. The summed E-state index contributed by atoms with van der Waals surface area (Å²) in [6, 6.07) is 0.314. The van der Waals surface area contributed by atoms with Gasteiger partial charge in [0, 0.05) is 19.0 Å². The van der Waals surface area contributed by atoms with Crippen molar-refractivity contribution in [3.05, 3.63) is 0 Å². The summed E-state index contributed by atoms with van der Waals surface area (Å²) >= 11 is 0. The molecule has 82 valence electrons. The fourth-order valence-electron chi connectivity index (χ4n) is 1.63. The molecular formula is C10H20N2O2. The van der Waals surface area contributed by atoms with Crippen LogP contribution in [0.5, 0.6) is 0 Å². The van der Waals surface area contributed by atoms with E-state index in [1.807, 2.05) is 0 Å². The van der Waals surface area contributed by atoms with Crippen LogP contribution in [0.4, 0.5) is 0 Å². The van der Waals surface area contributed by atoms with Crippen molar-refractivity contribution in [1.29, 1.82) is 0 Å². The minimum atomic E-state index is -0.206. The number of aliphatic hydroxyl groups excluding tert-OH is 1. The number of carbonyl (C=O) groups is 1. The zero-order valence-corrected chi connectivity index (χ0v) is 8.75. The first-order valence-corrected chi connectivity index (χ1v) is 5.36. The molecular weight excluding hydrogens is 180 g/mol. The molecule has 1 saturated heterocycles. The van der Waals surface area contributed by atoms with Crippen LogP contribution in [0.25, 0.3) is 0 Å². The van der Waals surface area contributed by atoms with Crippen LogP contribution < -0.4 is 10.6 Å². The third-order valence-electron chi connectivity index (χ3n) is 2.45. The lowest BCUT2D eigenvalue weighted by molar-refractivity contribution is -0.119. The van der Waals surface area contributed by atoms with E-state index in [2.05, 4.69) is 10.6 Å². The number of aliphatic hydroxyl groups is 1. The Kier molecular flexibility index (Phi) is 4.90. The molecule has 3 N–H and O–H groups in total. The standard InChI is InChI=1S/C10H20N2O2/c1-8(13)3-2-6-11-7-9-4-5-10(14)12-9/h8-9,11,13H,2-7H2,1H3,(H,12,14). The Morgan fingerprint density at radius 1 is 1.71 bits per heavy atom. The van der Waals surface area contributed by atoms with E-state index in [1.54, 1.807) is 6.92 Å². The van der Waals surface area contributed by atoms with Gasteiger partial charge in [0.25, 0.3) is 0 Å². The smallest absolute Gasteiger partial charge is 0.220 e. The van der Waals surface area contributed by atoms with Gasteiger partial charge in [-0.1, -0.05) is 0 Å². The third-order valence-corrected chi connectivity index (χ3v) is 2.45. The Hall–Kier alpha value is -0.610. The van der Waals surface area contributed by atoms with Crippen LogP contribution in [0.2, 0.25) is 0 Å². The molecule has 14 heavy (non-hydrogen) atoms. The van der Waals surface area contributed by atoms with Crippen LogP contribution in [-0.2, 0) is 4.79 Å². The normalized spacial score (nSPS) is 23.6. The van der Waals surface area contributed by atoms with Crippen molar-refractivity contribution in [2.75, 3.05) is 13.1 Å². The zero-order valence-electron chi connectivity index (χ0n) is 8.75. The van der Waals surface area contributed by atoms with E-state index in [-0.39, 0.29) is 12.0 Å². The molecule has 0 spiro atoms. The van der Waals surface area contributed by atoms with Crippen molar-refractivity contribution < 1.29 is 9.90 Å². The second-order valence-corrected chi connectivity index (χ2v) is 4.00. The molecule has 1 heterocycles. The minimum absolute atomic E-state index is 0.167. The minimum Gasteiger partial charge on any atom is -0.393 e. The van der Waals surface area contributed by atoms with Gasteiger partial charge >= 0.3 is 0 Å². The Morgan fingerprint density at radius 3 is 3.07 bits per heavy atom. The first-order valence-electron chi connectivity index (χ1n) is 5.36. The molecule has 0 radical (unpaired) electrons. The largest absolute Gasteiger partial charge is 0.393 e. The van der Waals surface area contributed by atoms with Gasteiger partial charge < -0.3 is 15.7 Å². The summed E-state index contributed by atoms with van der Waals surface area (Å²) < 4.78 is 0. The summed E-state index contributed by atoms with van der Waals surface area (Å²) in [5, 5.41) is 15.2. The lowest BCUT2D eigenvalue weighted by atomic mass is 10.2. The highest BCUT2D eigenvalue weighted by Crippen LogP contribution is 2.04. The molecule has 1 aliphatic heterocycles. The molecule has 4 nitrogen and oxygen atoms in total. The number of nitrogens with one attached hydrogen (secondary N) is 2. The Bertz CT molecular complexity index is 183. The van der Waals surface area contributed by atoms with Crippen LogP contribution in [0.15, 0.2) is 0 Å². The Morgan fingerprint density at radius 2 is 2.50 bits per heavy atom. The highest BCUT2D eigenvalue weighted by atomic mass is 16.3. The van der Waals surface area contributed by atoms with Gasteiger partial charge in [-0.15, -0.1) is 0 Å². The van der Waals surface area contributed by atoms with Gasteiger partial charge in [-0.2, -0.15) is 0 Å². The molecule has 0 aromatic heterocycles. The van der Waals surface area contributed by atoms with Crippen LogP contribution in [0.3, 0.4) is 0 Å². The number of hydrogen-bond acceptors (Lipinski definition) is 3. The summed E-state index contributed by atoms with van der Waals surface area (Å²) in [5.41, 5.74) is 0. The van der Waals surface area contributed by atoms with E-state index in [0.717, 1.165) is 32.4 Å². The molecule has 1 aliphatic rings. The SMILES string of the molecule is CC(O)CCCNCC1CCC(=O)N1. The van der Waals surface area contributed by atoms with Crippen molar-refractivity contribution in [3.63, 3.8) is 0 Å². The van der Waals surface area contributed by atoms with E-state index in [9.17, 15) is 4.79 Å². The molecule has 0 aromatic carbocycles. The monoisotopic (exact) mass is 200 g/mol. The van der Waals surface area contributed by atoms with E-state index >= 15 is 0 Å². The number of amides is 1.